The van der Waals surface area contributed by atoms with Gasteiger partial charge in [-0.2, -0.15) is 0 Å². The maximum Gasteiger partial charge on any atom is 0.326 e. The SMILES string of the molecule is COc1ccc(-c2cnc(C(=O)N[C@H](C(=O)O)C3CCCCC3)c(NC(=O)Nc3ccc(C)c(C)c3C)c2)cc1. The number of hydrogen-bond donors (Lipinski definition) is 4. The lowest BCUT2D eigenvalue weighted by atomic mass is 9.84. The van der Waals surface area contributed by atoms with Crippen molar-refractivity contribution in [1.82, 2.24) is 10.3 Å². The number of urea groups is 1. The second-order valence-corrected chi connectivity index (χ2v) is 10.3. The first kappa shape index (κ1) is 28.6. The third kappa shape index (κ3) is 6.59. The fourth-order valence-corrected chi connectivity index (χ4v) is 5.11. The summed E-state index contributed by atoms with van der Waals surface area (Å²) in [6.07, 6.45) is 5.94. The zero-order chi connectivity index (χ0) is 28.8. The van der Waals surface area contributed by atoms with Gasteiger partial charge in [-0.05, 0) is 86.1 Å². The first-order valence-electron chi connectivity index (χ1n) is 13.5. The summed E-state index contributed by atoms with van der Waals surface area (Å²) in [4.78, 5) is 43.0. The molecule has 3 amide bonds. The minimum absolute atomic E-state index is 0.0636. The van der Waals surface area contributed by atoms with Crippen LogP contribution in [0.3, 0.4) is 0 Å². The van der Waals surface area contributed by atoms with Crippen LogP contribution in [-0.2, 0) is 4.79 Å². The number of aliphatic carboxylic acids is 1. The molecule has 1 saturated carbocycles. The van der Waals surface area contributed by atoms with Crippen LogP contribution < -0.4 is 20.7 Å². The number of carbonyl (C=O) groups excluding carboxylic acids is 2. The highest BCUT2D eigenvalue weighted by Gasteiger charge is 2.32. The van der Waals surface area contributed by atoms with E-state index in [1.54, 1.807) is 25.3 Å². The fourth-order valence-electron chi connectivity index (χ4n) is 5.11. The van der Waals surface area contributed by atoms with E-state index in [4.69, 9.17) is 4.74 Å². The van der Waals surface area contributed by atoms with E-state index >= 15 is 0 Å². The van der Waals surface area contributed by atoms with Crippen molar-refractivity contribution in [3.63, 3.8) is 0 Å². The van der Waals surface area contributed by atoms with Crippen molar-refractivity contribution >= 4 is 29.3 Å². The van der Waals surface area contributed by atoms with Gasteiger partial charge < -0.3 is 25.8 Å². The van der Waals surface area contributed by atoms with Gasteiger partial charge in [0.1, 0.15) is 11.8 Å². The third-order valence-corrected chi connectivity index (χ3v) is 7.75. The number of nitrogens with one attached hydrogen (secondary N) is 3. The van der Waals surface area contributed by atoms with Crippen molar-refractivity contribution in [2.24, 2.45) is 5.92 Å². The molecule has 0 radical (unpaired) electrons. The lowest BCUT2D eigenvalue weighted by molar-refractivity contribution is -0.141. The molecule has 1 aliphatic carbocycles. The van der Waals surface area contributed by atoms with E-state index < -0.39 is 23.9 Å². The number of hydrogen-bond acceptors (Lipinski definition) is 5. The smallest absolute Gasteiger partial charge is 0.326 e. The highest BCUT2D eigenvalue weighted by atomic mass is 16.5. The van der Waals surface area contributed by atoms with Gasteiger partial charge in [0, 0.05) is 17.4 Å². The second kappa shape index (κ2) is 12.6. The number of methoxy groups -OCH3 is 1. The topological polar surface area (TPSA) is 130 Å². The molecule has 4 N–H and O–H groups in total. The average Bonchev–Trinajstić information content (AvgIpc) is 2.96. The molecule has 1 fully saturated rings. The summed E-state index contributed by atoms with van der Waals surface area (Å²) in [5.74, 6) is -1.19. The Morgan fingerprint density at radius 3 is 2.23 bits per heavy atom. The summed E-state index contributed by atoms with van der Waals surface area (Å²) in [6, 6.07) is 11.2. The largest absolute Gasteiger partial charge is 0.497 e. The molecular weight excluding hydrogens is 508 g/mol. The molecule has 1 aromatic heterocycles. The molecule has 2 aromatic carbocycles. The van der Waals surface area contributed by atoms with Crippen molar-refractivity contribution in [3.05, 3.63) is 71.0 Å². The molecule has 9 nitrogen and oxygen atoms in total. The van der Waals surface area contributed by atoms with Gasteiger partial charge >= 0.3 is 12.0 Å². The predicted octanol–water partition coefficient (Wildman–Crippen LogP) is 6.09. The molecule has 4 rings (SSSR count). The van der Waals surface area contributed by atoms with Gasteiger partial charge in [-0.15, -0.1) is 0 Å². The zero-order valence-electron chi connectivity index (χ0n) is 23.3. The lowest BCUT2D eigenvalue weighted by Gasteiger charge is -2.28. The number of pyridine rings is 1. The van der Waals surface area contributed by atoms with Crippen LogP contribution in [0.15, 0.2) is 48.7 Å². The molecule has 1 aliphatic rings. The Morgan fingerprint density at radius 2 is 1.57 bits per heavy atom. The van der Waals surface area contributed by atoms with Crippen molar-refractivity contribution in [1.29, 1.82) is 0 Å². The van der Waals surface area contributed by atoms with E-state index in [1.807, 2.05) is 45.0 Å². The molecule has 0 unspecified atom stereocenters. The first-order valence-corrected chi connectivity index (χ1v) is 13.5. The van der Waals surface area contributed by atoms with Crippen molar-refractivity contribution < 1.29 is 24.2 Å². The number of nitrogens with zero attached hydrogens (tertiary/aromatic N) is 1. The summed E-state index contributed by atoms with van der Waals surface area (Å²) in [5, 5.41) is 18.2. The highest BCUT2D eigenvalue weighted by Crippen LogP contribution is 2.29. The summed E-state index contributed by atoms with van der Waals surface area (Å²) in [6.45, 7) is 5.93. The fraction of sp³-hybridized carbons (Fsp3) is 0.355. The number of rotatable bonds is 8. The molecule has 1 heterocycles. The van der Waals surface area contributed by atoms with E-state index in [1.165, 1.54) is 6.20 Å². The Bertz CT molecular complexity index is 1400. The number of carboxylic acids is 1. The molecule has 0 saturated heterocycles. The minimum Gasteiger partial charge on any atom is -0.497 e. The summed E-state index contributed by atoms with van der Waals surface area (Å²) in [7, 11) is 1.58. The van der Waals surface area contributed by atoms with Crippen molar-refractivity contribution in [2.45, 2.75) is 58.9 Å². The van der Waals surface area contributed by atoms with E-state index in [-0.39, 0.29) is 17.3 Å². The van der Waals surface area contributed by atoms with E-state index in [0.717, 1.165) is 54.4 Å². The molecule has 1 atom stereocenters. The van der Waals surface area contributed by atoms with Crippen LogP contribution in [0, 0.1) is 26.7 Å². The molecule has 0 aliphatic heterocycles. The van der Waals surface area contributed by atoms with Gasteiger partial charge in [0.25, 0.3) is 5.91 Å². The Kier molecular flexibility index (Phi) is 9.04. The molecule has 3 aromatic rings. The lowest BCUT2D eigenvalue weighted by Crippen LogP contribution is -2.47. The normalized spacial score (nSPS) is 14.2. The average molecular weight is 545 g/mol. The van der Waals surface area contributed by atoms with E-state index in [2.05, 4.69) is 20.9 Å². The third-order valence-electron chi connectivity index (χ3n) is 7.75. The van der Waals surface area contributed by atoms with E-state index in [9.17, 15) is 19.5 Å². The van der Waals surface area contributed by atoms with Crippen LogP contribution >= 0.6 is 0 Å². The number of benzene rings is 2. The minimum atomic E-state index is -1.08. The van der Waals surface area contributed by atoms with Crippen LogP contribution in [0.4, 0.5) is 16.2 Å². The van der Waals surface area contributed by atoms with E-state index in [0.29, 0.717) is 17.0 Å². The molecule has 9 heteroatoms. The number of aryl methyl sites for hydroxylation is 1. The monoisotopic (exact) mass is 544 g/mol. The van der Waals surface area contributed by atoms with Gasteiger partial charge in [0.2, 0.25) is 0 Å². The van der Waals surface area contributed by atoms with Crippen LogP contribution in [0.25, 0.3) is 11.1 Å². The number of aromatic nitrogens is 1. The maximum atomic E-state index is 13.4. The Morgan fingerprint density at radius 1 is 0.900 bits per heavy atom. The maximum absolute atomic E-state index is 13.4. The summed E-state index contributed by atoms with van der Waals surface area (Å²) in [5.41, 5.74) is 5.35. The van der Waals surface area contributed by atoms with Gasteiger partial charge in [-0.3, -0.25) is 4.79 Å². The summed E-state index contributed by atoms with van der Waals surface area (Å²) < 4.78 is 5.24. The Labute approximate surface area is 234 Å². The van der Waals surface area contributed by atoms with Gasteiger partial charge in [0.05, 0.1) is 12.8 Å². The van der Waals surface area contributed by atoms with Crippen LogP contribution in [0.2, 0.25) is 0 Å². The quantitative estimate of drug-likeness (QED) is 0.272. The van der Waals surface area contributed by atoms with Crippen molar-refractivity contribution in [2.75, 3.05) is 17.7 Å². The Hall–Kier alpha value is -4.40. The second-order valence-electron chi connectivity index (χ2n) is 10.3. The number of amides is 3. The van der Waals surface area contributed by atoms with Crippen molar-refractivity contribution in [3.8, 4) is 16.9 Å². The molecule has 0 spiro atoms. The number of carboxylic acid groups (broad SMARTS) is 1. The number of ether oxygens (including phenoxy) is 1. The molecule has 40 heavy (non-hydrogen) atoms. The van der Waals surface area contributed by atoms with Crippen LogP contribution in [0.5, 0.6) is 5.75 Å². The molecule has 210 valence electrons. The van der Waals surface area contributed by atoms with Gasteiger partial charge in [-0.25, -0.2) is 14.6 Å². The number of anilines is 2. The standard InChI is InChI=1S/C31H36N4O5/c1-18-10-15-25(20(3)19(18)2)33-31(39)34-26-16-23(21-11-13-24(40-4)14-12-21)17-32-28(26)29(36)35-27(30(37)38)22-8-6-5-7-9-22/h10-17,22,27H,5-9H2,1-4H3,(H,35,36)(H,37,38)(H2,33,34,39)/t27-/m0/s1. The predicted molar refractivity (Wildman–Crippen MR) is 155 cm³/mol. The van der Waals surface area contributed by atoms with Gasteiger partial charge in [0.15, 0.2) is 5.69 Å². The first-order chi connectivity index (χ1) is 19.2. The molecular formula is C31H36N4O5. The highest BCUT2D eigenvalue weighted by molar-refractivity contribution is 6.07. The van der Waals surface area contributed by atoms with Crippen LogP contribution in [-0.4, -0.2) is 41.1 Å². The summed E-state index contributed by atoms with van der Waals surface area (Å²) >= 11 is 0. The molecule has 0 bridgehead atoms. The Balaban J connectivity index is 1.64. The van der Waals surface area contributed by atoms with Crippen LogP contribution in [0.1, 0.15) is 59.3 Å². The number of carbonyl (C=O) groups is 3. The zero-order valence-corrected chi connectivity index (χ0v) is 23.3. The van der Waals surface area contributed by atoms with Gasteiger partial charge in [-0.1, -0.05) is 37.5 Å².